The summed E-state index contributed by atoms with van der Waals surface area (Å²) >= 11 is 0. The Labute approximate surface area is 174 Å². The highest BCUT2D eigenvalue weighted by molar-refractivity contribution is 5.86. The first kappa shape index (κ1) is 21.1. The van der Waals surface area contributed by atoms with E-state index in [1.165, 1.54) is 13.2 Å². The lowest BCUT2D eigenvalue weighted by atomic mass is 10.1. The molecule has 2 aromatic carbocycles. The number of oxazole rings is 1. The van der Waals surface area contributed by atoms with E-state index in [4.69, 9.17) is 23.7 Å². The zero-order valence-electron chi connectivity index (χ0n) is 16.8. The van der Waals surface area contributed by atoms with E-state index in [1.807, 2.05) is 37.3 Å². The molecule has 7 heteroatoms. The van der Waals surface area contributed by atoms with Crippen molar-refractivity contribution in [2.45, 2.75) is 13.3 Å². The molecule has 0 aliphatic heterocycles. The summed E-state index contributed by atoms with van der Waals surface area (Å²) in [6.45, 7) is 2.32. The molecule has 0 unspecified atom stereocenters. The number of carbonyl (C=O) groups is 1. The van der Waals surface area contributed by atoms with Crippen LogP contribution >= 0.6 is 0 Å². The molecular weight excluding hydrogens is 386 g/mol. The Morgan fingerprint density at radius 1 is 1.17 bits per heavy atom. The largest absolute Gasteiger partial charge is 0.493 e. The van der Waals surface area contributed by atoms with Gasteiger partial charge >= 0.3 is 5.97 Å². The van der Waals surface area contributed by atoms with E-state index in [2.05, 4.69) is 4.98 Å². The molecule has 0 saturated heterocycles. The third-order valence-corrected chi connectivity index (χ3v) is 4.24. The van der Waals surface area contributed by atoms with Crippen molar-refractivity contribution >= 4 is 12.0 Å². The monoisotopic (exact) mass is 409 g/mol. The van der Waals surface area contributed by atoms with Gasteiger partial charge in [0, 0.05) is 36.8 Å². The van der Waals surface area contributed by atoms with Crippen molar-refractivity contribution in [3.63, 3.8) is 0 Å². The maximum atomic E-state index is 10.8. The van der Waals surface area contributed by atoms with E-state index < -0.39 is 5.97 Å². The molecule has 1 aromatic heterocycles. The molecule has 0 atom stereocenters. The number of carboxylic acids is 1. The number of aliphatic carboxylic acids is 1. The lowest BCUT2D eigenvalue weighted by molar-refractivity contribution is -0.131. The Kier molecular flexibility index (Phi) is 7.24. The quantitative estimate of drug-likeness (QED) is 0.393. The van der Waals surface area contributed by atoms with Crippen LogP contribution < -0.4 is 9.47 Å². The summed E-state index contributed by atoms with van der Waals surface area (Å²) in [5, 5.41) is 8.83. The number of nitrogens with zero attached hydrogens (tertiary/aromatic N) is 1. The Bertz CT molecular complexity index is 1010. The van der Waals surface area contributed by atoms with Crippen LogP contribution in [0.25, 0.3) is 17.5 Å². The third kappa shape index (κ3) is 5.71. The van der Waals surface area contributed by atoms with Gasteiger partial charge in [0.25, 0.3) is 0 Å². The molecule has 3 rings (SSSR count). The number of rotatable bonds is 10. The molecule has 0 saturated carbocycles. The molecule has 0 fully saturated rings. The Hall–Kier alpha value is -3.58. The van der Waals surface area contributed by atoms with Gasteiger partial charge in [0.1, 0.15) is 17.3 Å². The van der Waals surface area contributed by atoms with E-state index >= 15 is 0 Å². The second-order valence-electron chi connectivity index (χ2n) is 6.41. The molecule has 156 valence electrons. The summed E-state index contributed by atoms with van der Waals surface area (Å²) in [4.78, 5) is 15.3. The highest BCUT2D eigenvalue weighted by Gasteiger charge is 2.12. The first-order chi connectivity index (χ1) is 14.6. The van der Waals surface area contributed by atoms with Crippen LogP contribution in [0.5, 0.6) is 11.5 Å². The highest BCUT2D eigenvalue weighted by atomic mass is 16.7. The summed E-state index contributed by atoms with van der Waals surface area (Å²) in [6, 6.07) is 14.9. The van der Waals surface area contributed by atoms with Crippen molar-refractivity contribution in [1.29, 1.82) is 0 Å². The smallest absolute Gasteiger partial charge is 0.328 e. The standard InChI is InChI=1S/C23H23NO6/c1-16-20(24-23(30-16)18-6-4-3-5-7-18)12-13-28-19-10-8-17(9-11-22(25)26)21(14-19)29-15-27-2/h3-11,14H,12-13,15H2,1-2H3,(H,25,26). The maximum absolute atomic E-state index is 10.8. The van der Waals surface area contributed by atoms with Crippen molar-refractivity contribution in [2.75, 3.05) is 20.5 Å². The number of benzene rings is 2. The number of hydrogen-bond acceptors (Lipinski definition) is 6. The molecule has 30 heavy (non-hydrogen) atoms. The minimum atomic E-state index is -1.04. The van der Waals surface area contributed by atoms with Crippen LogP contribution in [0, 0.1) is 6.92 Å². The van der Waals surface area contributed by atoms with Crippen molar-refractivity contribution < 1.29 is 28.5 Å². The van der Waals surface area contributed by atoms with E-state index in [0.29, 0.717) is 36.0 Å². The van der Waals surface area contributed by atoms with E-state index in [1.54, 1.807) is 18.2 Å². The predicted molar refractivity (Wildman–Crippen MR) is 111 cm³/mol. The predicted octanol–water partition coefficient (Wildman–Crippen LogP) is 4.35. The highest BCUT2D eigenvalue weighted by Crippen LogP contribution is 2.27. The number of carboxylic acid groups (broad SMARTS) is 1. The Balaban J connectivity index is 1.65. The summed E-state index contributed by atoms with van der Waals surface area (Å²) in [5.41, 5.74) is 2.38. The summed E-state index contributed by atoms with van der Waals surface area (Å²) in [6.07, 6.45) is 3.09. The van der Waals surface area contributed by atoms with Crippen molar-refractivity contribution in [1.82, 2.24) is 4.98 Å². The van der Waals surface area contributed by atoms with E-state index in [-0.39, 0.29) is 6.79 Å². The number of aryl methyl sites for hydroxylation is 1. The third-order valence-electron chi connectivity index (χ3n) is 4.24. The van der Waals surface area contributed by atoms with Crippen LogP contribution in [0.4, 0.5) is 0 Å². The second kappa shape index (κ2) is 10.3. The molecule has 1 N–H and O–H groups in total. The first-order valence-electron chi connectivity index (χ1n) is 9.38. The fourth-order valence-corrected chi connectivity index (χ4v) is 2.78. The fourth-order valence-electron chi connectivity index (χ4n) is 2.78. The van der Waals surface area contributed by atoms with Gasteiger partial charge in [-0.2, -0.15) is 0 Å². The van der Waals surface area contributed by atoms with Crippen molar-refractivity contribution in [3.05, 3.63) is 71.6 Å². The van der Waals surface area contributed by atoms with Gasteiger partial charge in [-0.05, 0) is 37.3 Å². The number of ether oxygens (including phenoxy) is 3. The van der Waals surface area contributed by atoms with E-state index in [0.717, 1.165) is 23.1 Å². The second-order valence-corrected chi connectivity index (χ2v) is 6.41. The molecule has 0 aliphatic rings. The fraction of sp³-hybridized carbons (Fsp3) is 0.217. The molecule has 0 spiro atoms. The van der Waals surface area contributed by atoms with Gasteiger partial charge in [-0.15, -0.1) is 0 Å². The van der Waals surface area contributed by atoms with Crippen LogP contribution in [0.2, 0.25) is 0 Å². The molecular formula is C23H23NO6. The first-order valence-corrected chi connectivity index (χ1v) is 9.38. The average Bonchev–Trinajstić information content (AvgIpc) is 3.12. The average molecular weight is 409 g/mol. The van der Waals surface area contributed by atoms with Crippen molar-refractivity contribution in [2.24, 2.45) is 0 Å². The normalized spacial score (nSPS) is 11.0. The van der Waals surface area contributed by atoms with Gasteiger partial charge in [0.05, 0.1) is 12.3 Å². The summed E-state index contributed by atoms with van der Waals surface area (Å²) < 4.78 is 22.1. The van der Waals surface area contributed by atoms with Gasteiger partial charge in [-0.25, -0.2) is 9.78 Å². The summed E-state index contributed by atoms with van der Waals surface area (Å²) in [5.74, 6) is 1.38. The zero-order valence-corrected chi connectivity index (χ0v) is 16.8. The van der Waals surface area contributed by atoms with Crippen molar-refractivity contribution in [3.8, 4) is 23.0 Å². The SMILES string of the molecule is COCOc1cc(OCCc2nc(-c3ccccc3)oc2C)ccc1C=CC(=O)O. The number of aromatic nitrogens is 1. The zero-order chi connectivity index (χ0) is 21.3. The Morgan fingerprint density at radius 2 is 1.97 bits per heavy atom. The Morgan fingerprint density at radius 3 is 2.70 bits per heavy atom. The van der Waals surface area contributed by atoms with Crippen LogP contribution in [0.1, 0.15) is 17.0 Å². The van der Waals surface area contributed by atoms with Crippen LogP contribution in [0.3, 0.4) is 0 Å². The number of methoxy groups -OCH3 is 1. The lowest BCUT2D eigenvalue weighted by Gasteiger charge is -2.11. The topological polar surface area (TPSA) is 91.0 Å². The minimum absolute atomic E-state index is 0.0394. The molecule has 0 radical (unpaired) electrons. The van der Waals surface area contributed by atoms with Crippen LogP contribution in [-0.2, 0) is 16.0 Å². The van der Waals surface area contributed by atoms with E-state index in [9.17, 15) is 4.79 Å². The molecule has 3 aromatic rings. The summed E-state index contributed by atoms with van der Waals surface area (Å²) in [7, 11) is 1.51. The lowest BCUT2D eigenvalue weighted by Crippen LogP contribution is -2.04. The molecule has 7 nitrogen and oxygen atoms in total. The van der Waals surface area contributed by atoms with Gasteiger partial charge in [-0.1, -0.05) is 18.2 Å². The minimum Gasteiger partial charge on any atom is -0.493 e. The molecule has 1 heterocycles. The van der Waals surface area contributed by atoms with Gasteiger partial charge in [0.2, 0.25) is 5.89 Å². The van der Waals surface area contributed by atoms with Gasteiger partial charge in [0.15, 0.2) is 6.79 Å². The molecule has 0 aliphatic carbocycles. The van der Waals surface area contributed by atoms with Gasteiger partial charge < -0.3 is 23.7 Å². The van der Waals surface area contributed by atoms with Crippen LogP contribution in [0.15, 0.2) is 59.0 Å². The number of hydrogen-bond donors (Lipinski definition) is 1. The van der Waals surface area contributed by atoms with Crippen LogP contribution in [-0.4, -0.2) is 36.6 Å². The van der Waals surface area contributed by atoms with Gasteiger partial charge in [-0.3, -0.25) is 0 Å². The maximum Gasteiger partial charge on any atom is 0.328 e. The molecule has 0 amide bonds. The molecule has 0 bridgehead atoms.